The average Bonchev–Trinajstić information content (AvgIpc) is 2.75. The first-order chi connectivity index (χ1) is 14.8. The highest BCUT2D eigenvalue weighted by Gasteiger charge is 2.14. The zero-order valence-electron chi connectivity index (χ0n) is 16.9. The predicted octanol–water partition coefficient (Wildman–Crippen LogP) is 5.71. The van der Waals surface area contributed by atoms with Crippen LogP contribution in [0.1, 0.15) is 28.4 Å². The normalized spacial score (nSPS) is 10.6. The van der Waals surface area contributed by atoms with Gasteiger partial charge in [0.05, 0.1) is 7.11 Å². The highest BCUT2D eigenvalue weighted by molar-refractivity contribution is 6.36. The van der Waals surface area contributed by atoms with E-state index in [1.807, 2.05) is 12.1 Å². The number of hydrogen-bond donors (Lipinski definition) is 1. The van der Waals surface area contributed by atoms with Crippen LogP contribution in [-0.4, -0.2) is 30.6 Å². The molecule has 7 heteroatoms. The topological polar surface area (TPSA) is 72.8 Å². The molecule has 0 saturated carbocycles. The number of phenols is 1. The molecule has 0 aromatic heterocycles. The minimum Gasteiger partial charge on any atom is -0.507 e. The Labute approximate surface area is 190 Å². The minimum absolute atomic E-state index is 0.0504. The number of carbonyl (C=O) groups is 2. The van der Waals surface area contributed by atoms with Crippen molar-refractivity contribution in [3.05, 3.63) is 81.3 Å². The summed E-state index contributed by atoms with van der Waals surface area (Å²) in [5.74, 6) is -0.0999. The van der Waals surface area contributed by atoms with Gasteiger partial charge in [0.25, 0.3) is 0 Å². The molecule has 0 radical (unpaired) electrons. The van der Waals surface area contributed by atoms with Crippen molar-refractivity contribution in [1.82, 2.24) is 0 Å². The summed E-state index contributed by atoms with van der Waals surface area (Å²) in [4.78, 5) is 22.9. The van der Waals surface area contributed by atoms with Crippen LogP contribution >= 0.6 is 23.2 Å². The smallest absolute Gasteiger partial charge is 0.343 e. The van der Waals surface area contributed by atoms with Gasteiger partial charge in [0.15, 0.2) is 12.4 Å². The summed E-state index contributed by atoms with van der Waals surface area (Å²) in [7, 11) is 1.27. The molecular weight excluding hydrogens is 439 g/mol. The van der Waals surface area contributed by atoms with Gasteiger partial charge in [-0.1, -0.05) is 47.5 Å². The van der Waals surface area contributed by atoms with E-state index in [1.165, 1.54) is 14.0 Å². The Morgan fingerprint density at radius 2 is 1.71 bits per heavy atom. The molecule has 0 aliphatic carbocycles. The molecule has 3 aromatic rings. The SMILES string of the molecule is COC(=O)COc1cc(Cl)c(Cc2ccc(O)c(-c3cccc(C(C)=O)c3)c2)c(Cl)c1. The molecule has 0 bridgehead atoms. The highest BCUT2D eigenvalue weighted by Crippen LogP contribution is 2.35. The number of ether oxygens (including phenoxy) is 2. The van der Waals surface area contributed by atoms with Gasteiger partial charge in [-0.3, -0.25) is 4.79 Å². The molecule has 0 amide bonds. The Balaban J connectivity index is 1.88. The number of ketones is 1. The lowest BCUT2D eigenvalue weighted by Crippen LogP contribution is -2.12. The first kappa shape index (κ1) is 22.7. The second kappa shape index (κ2) is 9.86. The molecule has 0 fully saturated rings. The molecule has 0 atom stereocenters. The van der Waals surface area contributed by atoms with Gasteiger partial charge in [-0.2, -0.15) is 0 Å². The lowest BCUT2D eigenvalue weighted by Gasteiger charge is -2.13. The van der Waals surface area contributed by atoms with Crippen LogP contribution in [0.15, 0.2) is 54.6 Å². The van der Waals surface area contributed by atoms with Crippen LogP contribution in [0.3, 0.4) is 0 Å². The molecular formula is C24H20Cl2O5. The molecule has 3 rings (SSSR count). The Hall–Kier alpha value is -3.02. The molecule has 0 heterocycles. The summed E-state index contributed by atoms with van der Waals surface area (Å²) in [5, 5.41) is 11.1. The van der Waals surface area contributed by atoms with E-state index >= 15 is 0 Å². The van der Waals surface area contributed by atoms with Crippen LogP contribution in [0.4, 0.5) is 0 Å². The van der Waals surface area contributed by atoms with E-state index in [4.69, 9.17) is 27.9 Å². The number of Topliss-reactive ketones (excluding diaryl/α,β-unsaturated/α-hetero) is 1. The zero-order valence-corrected chi connectivity index (χ0v) is 18.5. The standard InChI is InChI=1S/C24H20Cl2O5/c1-14(27)16-4-3-5-17(10-16)19-8-15(6-7-23(19)28)9-20-21(25)11-18(12-22(20)26)31-13-24(29)30-2/h3-8,10-12,28H,9,13H2,1-2H3. The lowest BCUT2D eigenvalue weighted by atomic mass is 9.96. The fourth-order valence-electron chi connectivity index (χ4n) is 3.07. The van der Waals surface area contributed by atoms with Crippen molar-refractivity contribution in [3.8, 4) is 22.6 Å². The molecule has 0 spiro atoms. The van der Waals surface area contributed by atoms with Crippen LogP contribution in [0.25, 0.3) is 11.1 Å². The predicted molar refractivity (Wildman–Crippen MR) is 120 cm³/mol. The fourth-order valence-corrected chi connectivity index (χ4v) is 3.67. The Kier molecular flexibility index (Phi) is 7.21. The highest BCUT2D eigenvalue weighted by atomic mass is 35.5. The third-order valence-electron chi connectivity index (χ3n) is 4.72. The van der Waals surface area contributed by atoms with Crippen LogP contribution in [0, 0.1) is 0 Å². The Morgan fingerprint density at radius 3 is 2.35 bits per heavy atom. The van der Waals surface area contributed by atoms with Gasteiger partial charge in [-0.25, -0.2) is 4.79 Å². The van der Waals surface area contributed by atoms with E-state index in [0.717, 1.165) is 11.1 Å². The molecule has 0 saturated heterocycles. The van der Waals surface area contributed by atoms with Crippen LogP contribution in [-0.2, 0) is 16.0 Å². The van der Waals surface area contributed by atoms with E-state index in [9.17, 15) is 14.7 Å². The molecule has 31 heavy (non-hydrogen) atoms. The Bertz CT molecular complexity index is 1120. The van der Waals surface area contributed by atoms with Gasteiger partial charge < -0.3 is 14.6 Å². The van der Waals surface area contributed by atoms with E-state index in [0.29, 0.717) is 38.9 Å². The minimum atomic E-state index is -0.512. The van der Waals surface area contributed by atoms with Gasteiger partial charge >= 0.3 is 5.97 Å². The maximum Gasteiger partial charge on any atom is 0.343 e. The van der Waals surface area contributed by atoms with E-state index in [-0.39, 0.29) is 18.1 Å². The second-order valence-corrected chi connectivity index (χ2v) is 7.71. The number of rotatable bonds is 7. The third kappa shape index (κ3) is 5.57. The first-order valence-electron chi connectivity index (χ1n) is 9.39. The van der Waals surface area contributed by atoms with E-state index in [1.54, 1.807) is 42.5 Å². The average molecular weight is 459 g/mol. The number of esters is 1. The molecule has 0 aliphatic heterocycles. The van der Waals surface area contributed by atoms with Gasteiger partial charge in [0.1, 0.15) is 11.5 Å². The second-order valence-electron chi connectivity index (χ2n) is 6.90. The summed E-state index contributed by atoms with van der Waals surface area (Å²) in [6.45, 7) is 1.25. The molecule has 160 valence electrons. The fraction of sp³-hybridized carbons (Fsp3) is 0.167. The molecule has 5 nitrogen and oxygen atoms in total. The maximum atomic E-state index is 11.7. The number of halogens is 2. The number of benzene rings is 3. The van der Waals surface area contributed by atoms with Crippen LogP contribution in [0.5, 0.6) is 11.5 Å². The first-order valence-corrected chi connectivity index (χ1v) is 10.1. The van der Waals surface area contributed by atoms with Crippen molar-refractivity contribution in [2.75, 3.05) is 13.7 Å². The Morgan fingerprint density at radius 1 is 1.00 bits per heavy atom. The van der Waals surface area contributed by atoms with Crippen molar-refractivity contribution >= 4 is 35.0 Å². The zero-order chi connectivity index (χ0) is 22.5. The molecule has 0 aliphatic rings. The lowest BCUT2D eigenvalue weighted by molar-refractivity contribution is -0.142. The largest absolute Gasteiger partial charge is 0.507 e. The van der Waals surface area contributed by atoms with Crippen LogP contribution < -0.4 is 4.74 Å². The monoisotopic (exact) mass is 458 g/mol. The maximum absolute atomic E-state index is 11.7. The molecule has 3 aromatic carbocycles. The van der Waals surface area contributed by atoms with Gasteiger partial charge in [0.2, 0.25) is 0 Å². The van der Waals surface area contributed by atoms with Crippen molar-refractivity contribution in [2.45, 2.75) is 13.3 Å². The van der Waals surface area contributed by atoms with E-state index in [2.05, 4.69) is 4.74 Å². The van der Waals surface area contributed by atoms with Gasteiger partial charge in [-0.05, 0) is 53.9 Å². The number of hydrogen-bond acceptors (Lipinski definition) is 5. The van der Waals surface area contributed by atoms with E-state index < -0.39 is 5.97 Å². The third-order valence-corrected chi connectivity index (χ3v) is 5.40. The summed E-state index contributed by atoms with van der Waals surface area (Å²) in [5.41, 5.74) is 3.45. The van der Waals surface area contributed by atoms with Gasteiger partial charge in [-0.15, -0.1) is 0 Å². The summed E-state index contributed by atoms with van der Waals surface area (Å²) < 4.78 is 9.89. The van der Waals surface area contributed by atoms with Crippen molar-refractivity contribution in [3.63, 3.8) is 0 Å². The number of carbonyl (C=O) groups excluding carboxylic acids is 2. The van der Waals surface area contributed by atoms with Gasteiger partial charge in [0, 0.05) is 27.6 Å². The molecule has 0 unspecified atom stereocenters. The summed E-state index contributed by atoms with van der Waals surface area (Å²) >= 11 is 12.8. The number of methoxy groups -OCH3 is 1. The van der Waals surface area contributed by atoms with Crippen molar-refractivity contribution in [2.24, 2.45) is 0 Å². The number of phenolic OH excluding ortho intramolecular Hbond substituents is 1. The summed E-state index contributed by atoms with van der Waals surface area (Å²) in [6.07, 6.45) is 0.411. The number of aromatic hydroxyl groups is 1. The van der Waals surface area contributed by atoms with Crippen molar-refractivity contribution < 1.29 is 24.2 Å². The van der Waals surface area contributed by atoms with Crippen molar-refractivity contribution in [1.29, 1.82) is 0 Å². The quantitative estimate of drug-likeness (QED) is 0.362. The summed E-state index contributed by atoms with van der Waals surface area (Å²) in [6, 6.07) is 15.5. The van der Waals surface area contributed by atoms with Crippen LogP contribution in [0.2, 0.25) is 10.0 Å². The molecule has 1 N–H and O–H groups in total.